The van der Waals surface area contributed by atoms with E-state index in [4.69, 9.17) is 4.74 Å². The molecule has 1 aromatic rings. The number of fused-ring (bicyclic) bond motifs is 1. The molecule has 0 aliphatic carbocycles. The van der Waals surface area contributed by atoms with Crippen molar-refractivity contribution >= 4 is 11.6 Å². The van der Waals surface area contributed by atoms with Crippen LogP contribution in [0.4, 0.5) is 5.69 Å². The Morgan fingerprint density at radius 3 is 3.05 bits per heavy atom. The van der Waals surface area contributed by atoms with Gasteiger partial charge in [0.25, 0.3) is 0 Å². The number of carbonyl (C=O) groups excluding carboxylic acids is 1. The lowest BCUT2D eigenvalue weighted by molar-refractivity contribution is -0.148. The molecule has 5 heteroatoms. The van der Waals surface area contributed by atoms with Crippen molar-refractivity contribution in [3.05, 3.63) is 29.8 Å². The van der Waals surface area contributed by atoms with Gasteiger partial charge >= 0.3 is 0 Å². The van der Waals surface area contributed by atoms with E-state index in [0.29, 0.717) is 13.1 Å². The van der Waals surface area contributed by atoms with Gasteiger partial charge in [-0.1, -0.05) is 18.2 Å². The highest BCUT2D eigenvalue weighted by Gasteiger charge is 2.34. The second-order valence-corrected chi connectivity index (χ2v) is 5.85. The Hall–Kier alpha value is -1.59. The summed E-state index contributed by atoms with van der Waals surface area (Å²) in [5.74, 6) is 0.0599. The molecule has 1 fully saturated rings. The third kappa shape index (κ3) is 2.89. The van der Waals surface area contributed by atoms with Gasteiger partial charge in [0.1, 0.15) is 0 Å². The number of benzene rings is 1. The fourth-order valence-electron chi connectivity index (χ4n) is 3.27. The maximum Gasteiger partial charge on any atom is 0.230 e. The van der Waals surface area contributed by atoms with Crippen molar-refractivity contribution in [3.8, 4) is 0 Å². The van der Waals surface area contributed by atoms with E-state index < -0.39 is 0 Å². The van der Waals surface area contributed by atoms with Gasteiger partial charge < -0.3 is 20.1 Å². The van der Waals surface area contributed by atoms with Gasteiger partial charge in [-0.05, 0) is 25.0 Å². The van der Waals surface area contributed by atoms with E-state index in [0.717, 1.165) is 24.2 Å². The topological polar surface area (TPSA) is 61.8 Å². The summed E-state index contributed by atoms with van der Waals surface area (Å²) in [6.45, 7) is 3.79. The van der Waals surface area contributed by atoms with Crippen LogP contribution in [0.15, 0.2) is 24.3 Å². The number of carbonyl (C=O) groups is 1. The molecule has 2 N–H and O–H groups in total. The summed E-state index contributed by atoms with van der Waals surface area (Å²) in [4.78, 5) is 14.7. The van der Waals surface area contributed by atoms with E-state index in [-0.39, 0.29) is 30.6 Å². The number of nitrogens with zero attached hydrogens (tertiary/aromatic N) is 1. The van der Waals surface area contributed by atoms with Crippen molar-refractivity contribution < 1.29 is 14.6 Å². The average Bonchev–Trinajstić information content (AvgIpc) is 2.53. The SMILES string of the molecule is CC1CN(C(=O)C2CCNc3ccccc32)CC(CO)O1. The van der Waals surface area contributed by atoms with Crippen molar-refractivity contribution in [2.45, 2.75) is 31.5 Å². The molecule has 2 aliphatic heterocycles. The van der Waals surface area contributed by atoms with Gasteiger partial charge in [-0.15, -0.1) is 0 Å². The second kappa shape index (κ2) is 6.03. The molecule has 1 saturated heterocycles. The number of aliphatic hydroxyl groups is 1. The molecule has 21 heavy (non-hydrogen) atoms. The van der Waals surface area contributed by atoms with Crippen LogP contribution in [-0.2, 0) is 9.53 Å². The minimum atomic E-state index is -0.269. The minimum absolute atomic E-state index is 0.0307. The normalized spacial score (nSPS) is 28.7. The number of hydrogen-bond acceptors (Lipinski definition) is 4. The number of ether oxygens (including phenoxy) is 1. The van der Waals surface area contributed by atoms with Gasteiger partial charge in [0.2, 0.25) is 5.91 Å². The molecule has 1 aromatic carbocycles. The zero-order chi connectivity index (χ0) is 14.8. The quantitative estimate of drug-likeness (QED) is 0.859. The third-order valence-corrected chi connectivity index (χ3v) is 4.22. The van der Waals surface area contributed by atoms with Crippen LogP contribution in [0, 0.1) is 0 Å². The lowest BCUT2D eigenvalue weighted by atomic mass is 9.89. The van der Waals surface area contributed by atoms with Crippen LogP contribution in [0.2, 0.25) is 0 Å². The molecule has 1 amide bonds. The number of aliphatic hydroxyl groups excluding tert-OH is 1. The average molecular weight is 290 g/mol. The van der Waals surface area contributed by atoms with Crippen LogP contribution < -0.4 is 5.32 Å². The summed E-state index contributed by atoms with van der Waals surface area (Å²) >= 11 is 0. The smallest absolute Gasteiger partial charge is 0.230 e. The zero-order valence-corrected chi connectivity index (χ0v) is 12.3. The van der Waals surface area contributed by atoms with Crippen molar-refractivity contribution in [1.29, 1.82) is 0 Å². The number of nitrogens with one attached hydrogen (secondary N) is 1. The van der Waals surface area contributed by atoms with Gasteiger partial charge in [-0.2, -0.15) is 0 Å². The summed E-state index contributed by atoms with van der Waals surface area (Å²) < 4.78 is 5.62. The van der Waals surface area contributed by atoms with Crippen LogP contribution in [0.25, 0.3) is 0 Å². The first-order valence-corrected chi connectivity index (χ1v) is 7.57. The first-order chi connectivity index (χ1) is 10.2. The third-order valence-electron chi connectivity index (χ3n) is 4.22. The van der Waals surface area contributed by atoms with E-state index in [1.807, 2.05) is 36.1 Å². The first kappa shape index (κ1) is 14.4. The Morgan fingerprint density at radius 2 is 2.24 bits per heavy atom. The van der Waals surface area contributed by atoms with Crippen molar-refractivity contribution in [2.24, 2.45) is 0 Å². The van der Waals surface area contributed by atoms with Crippen LogP contribution in [0.3, 0.4) is 0 Å². The van der Waals surface area contributed by atoms with Gasteiger partial charge in [-0.25, -0.2) is 0 Å². The molecule has 5 nitrogen and oxygen atoms in total. The number of anilines is 1. The number of para-hydroxylation sites is 1. The van der Waals surface area contributed by atoms with E-state index >= 15 is 0 Å². The molecule has 0 spiro atoms. The highest BCUT2D eigenvalue weighted by molar-refractivity contribution is 5.86. The molecule has 0 saturated carbocycles. The summed E-state index contributed by atoms with van der Waals surface area (Å²) in [5.41, 5.74) is 2.13. The van der Waals surface area contributed by atoms with Crippen LogP contribution >= 0.6 is 0 Å². The maximum atomic E-state index is 12.9. The molecule has 0 aromatic heterocycles. The van der Waals surface area contributed by atoms with Crippen molar-refractivity contribution in [2.75, 3.05) is 31.6 Å². The molecular weight excluding hydrogens is 268 g/mol. The Balaban J connectivity index is 1.79. The monoisotopic (exact) mass is 290 g/mol. The second-order valence-electron chi connectivity index (χ2n) is 5.85. The molecule has 3 unspecified atom stereocenters. The predicted octanol–water partition coefficient (Wildman–Crippen LogP) is 1.19. The van der Waals surface area contributed by atoms with Gasteiger partial charge in [0.15, 0.2) is 0 Å². The molecule has 0 bridgehead atoms. The maximum absolute atomic E-state index is 12.9. The lowest BCUT2D eigenvalue weighted by Gasteiger charge is -2.38. The van der Waals surface area contributed by atoms with Gasteiger partial charge in [0, 0.05) is 25.3 Å². The van der Waals surface area contributed by atoms with Crippen molar-refractivity contribution in [3.63, 3.8) is 0 Å². The number of hydrogen-bond donors (Lipinski definition) is 2. The van der Waals surface area contributed by atoms with Crippen LogP contribution in [0.1, 0.15) is 24.8 Å². The molecule has 2 heterocycles. The minimum Gasteiger partial charge on any atom is -0.394 e. The molecule has 2 aliphatic rings. The fourth-order valence-corrected chi connectivity index (χ4v) is 3.27. The van der Waals surface area contributed by atoms with E-state index in [1.165, 1.54) is 0 Å². The van der Waals surface area contributed by atoms with Crippen LogP contribution in [-0.4, -0.2) is 54.4 Å². The Bertz CT molecular complexity index is 520. The molecule has 114 valence electrons. The Kier molecular flexibility index (Phi) is 4.12. The lowest BCUT2D eigenvalue weighted by Crippen LogP contribution is -2.52. The highest BCUT2D eigenvalue weighted by Crippen LogP contribution is 2.33. The van der Waals surface area contributed by atoms with Crippen LogP contribution in [0.5, 0.6) is 0 Å². The standard InChI is InChI=1S/C16H22N2O3/c1-11-8-18(9-12(10-19)21-11)16(20)14-6-7-17-15-5-3-2-4-13(14)15/h2-5,11-12,14,17,19H,6-10H2,1H3. The number of amides is 1. The van der Waals surface area contributed by atoms with Gasteiger partial charge in [-0.3, -0.25) is 4.79 Å². The summed E-state index contributed by atoms with van der Waals surface area (Å²) in [6.07, 6.45) is 0.511. The summed E-state index contributed by atoms with van der Waals surface area (Å²) in [7, 11) is 0. The summed E-state index contributed by atoms with van der Waals surface area (Å²) in [6, 6.07) is 8.01. The highest BCUT2D eigenvalue weighted by atomic mass is 16.5. The van der Waals surface area contributed by atoms with Crippen molar-refractivity contribution in [1.82, 2.24) is 4.90 Å². The first-order valence-electron chi connectivity index (χ1n) is 7.57. The molecule has 3 atom stereocenters. The number of morpholine rings is 1. The van der Waals surface area contributed by atoms with E-state index in [1.54, 1.807) is 0 Å². The Labute approximate surface area is 124 Å². The largest absolute Gasteiger partial charge is 0.394 e. The summed E-state index contributed by atoms with van der Waals surface area (Å²) in [5, 5.41) is 12.6. The van der Waals surface area contributed by atoms with E-state index in [9.17, 15) is 9.90 Å². The predicted molar refractivity (Wildman–Crippen MR) is 80.3 cm³/mol. The molecular formula is C16H22N2O3. The van der Waals surface area contributed by atoms with Gasteiger partial charge in [0.05, 0.1) is 24.7 Å². The molecule has 0 radical (unpaired) electrons. The van der Waals surface area contributed by atoms with E-state index in [2.05, 4.69) is 5.32 Å². The number of rotatable bonds is 2. The fraction of sp³-hybridized carbons (Fsp3) is 0.562. The Morgan fingerprint density at radius 1 is 1.43 bits per heavy atom. The molecule has 3 rings (SSSR count). The zero-order valence-electron chi connectivity index (χ0n) is 12.3.